The molecule has 0 aromatic heterocycles. The highest BCUT2D eigenvalue weighted by Gasteiger charge is 2.44. The molecule has 2 aliphatic heterocycles. The van der Waals surface area contributed by atoms with Crippen LogP contribution in [0.2, 0.25) is 0 Å². The van der Waals surface area contributed by atoms with Crippen LogP contribution in [0.25, 0.3) is 0 Å². The quantitative estimate of drug-likeness (QED) is 0.590. The molecule has 0 saturated carbocycles. The summed E-state index contributed by atoms with van der Waals surface area (Å²) in [5, 5.41) is 9.27. The summed E-state index contributed by atoms with van der Waals surface area (Å²) in [7, 11) is 0. The first kappa shape index (κ1) is 9.96. The molecule has 72 valence electrons. The van der Waals surface area contributed by atoms with Gasteiger partial charge in [0, 0.05) is 5.92 Å². The highest BCUT2D eigenvalue weighted by Crippen LogP contribution is 2.30. The maximum Gasteiger partial charge on any atom is 0.112 e. The largest absolute Gasteiger partial charge is 0.388 e. The summed E-state index contributed by atoms with van der Waals surface area (Å²) in [5.41, 5.74) is 0. The summed E-state index contributed by atoms with van der Waals surface area (Å²) in [6, 6.07) is 0. The Kier molecular flexibility index (Phi) is 3.50. The zero-order valence-corrected chi connectivity index (χ0v) is 7.99. The third-order valence-corrected chi connectivity index (χ3v) is 2.27. The summed E-state index contributed by atoms with van der Waals surface area (Å²) in [4.78, 5) is 0. The number of rotatable bonds is 0. The van der Waals surface area contributed by atoms with E-state index in [1.165, 1.54) is 0 Å². The second kappa shape index (κ2) is 4.21. The molecule has 0 amide bonds. The smallest absolute Gasteiger partial charge is 0.112 e. The summed E-state index contributed by atoms with van der Waals surface area (Å²) >= 11 is 0. The number of fused-ring (bicyclic) bond motifs is 1. The lowest BCUT2D eigenvalue weighted by Crippen LogP contribution is -2.28. The van der Waals surface area contributed by atoms with E-state index in [1.54, 1.807) is 0 Å². The van der Waals surface area contributed by atoms with E-state index >= 15 is 0 Å². The fraction of sp³-hybridized carbons (Fsp3) is 1.00. The molecular formula is C9H18O3. The molecule has 2 aliphatic rings. The van der Waals surface area contributed by atoms with Crippen molar-refractivity contribution in [1.29, 1.82) is 0 Å². The molecule has 0 radical (unpaired) electrons. The van der Waals surface area contributed by atoms with Crippen LogP contribution in [0.4, 0.5) is 0 Å². The lowest BCUT2D eigenvalue weighted by molar-refractivity contribution is 0.0173. The van der Waals surface area contributed by atoms with Gasteiger partial charge in [-0.2, -0.15) is 0 Å². The first-order chi connectivity index (χ1) is 5.79. The van der Waals surface area contributed by atoms with Crippen molar-refractivity contribution in [3.8, 4) is 0 Å². The second-order valence-corrected chi connectivity index (χ2v) is 3.14. The van der Waals surface area contributed by atoms with Gasteiger partial charge in [-0.25, -0.2) is 0 Å². The molecule has 12 heavy (non-hydrogen) atoms. The van der Waals surface area contributed by atoms with Gasteiger partial charge in [-0.05, 0) is 0 Å². The van der Waals surface area contributed by atoms with Gasteiger partial charge < -0.3 is 14.6 Å². The first-order valence-electron chi connectivity index (χ1n) is 4.70. The maximum absolute atomic E-state index is 9.27. The van der Waals surface area contributed by atoms with Crippen LogP contribution in [0.5, 0.6) is 0 Å². The van der Waals surface area contributed by atoms with Gasteiger partial charge in [-0.1, -0.05) is 20.8 Å². The van der Waals surface area contributed by atoms with Crippen LogP contribution in [0.3, 0.4) is 0 Å². The predicted molar refractivity (Wildman–Crippen MR) is 46.0 cm³/mol. The van der Waals surface area contributed by atoms with E-state index in [0.717, 1.165) is 6.61 Å². The average Bonchev–Trinajstić information content (AvgIpc) is 2.62. The first-order valence-corrected chi connectivity index (χ1v) is 4.70. The molecule has 3 nitrogen and oxygen atoms in total. The van der Waals surface area contributed by atoms with Crippen LogP contribution in [0.15, 0.2) is 0 Å². The average molecular weight is 174 g/mol. The Morgan fingerprint density at radius 1 is 1.08 bits per heavy atom. The van der Waals surface area contributed by atoms with Gasteiger partial charge in [0.15, 0.2) is 0 Å². The third kappa shape index (κ3) is 1.63. The van der Waals surface area contributed by atoms with Gasteiger partial charge in [-0.15, -0.1) is 0 Å². The number of hydrogen-bond donors (Lipinski definition) is 1. The topological polar surface area (TPSA) is 38.7 Å². The van der Waals surface area contributed by atoms with E-state index in [2.05, 4.69) is 6.92 Å². The van der Waals surface area contributed by atoms with E-state index in [4.69, 9.17) is 9.47 Å². The van der Waals surface area contributed by atoms with Crippen LogP contribution in [0, 0.1) is 5.92 Å². The lowest BCUT2D eigenvalue weighted by atomic mass is 10.0. The van der Waals surface area contributed by atoms with Crippen LogP contribution in [-0.2, 0) is 9.47 Å². The second-order valence-electron chi connectivity index (χ2n) is 3.14. The van der Waals surface area contributed by atoms with E-state index in [-0.39, 0.29) is 12.2 Å². The highest BCUT2D eigenvalue weighted by atomic mass is 16.6. The number of aliphatic hydroxyl groups excluding tert-OH is 1. The van der Waals surface area contributed by atoms with Crippen molar-refractivity contribution in [2.45, 2.75) is 39.1 Å². The van der Waals surface area contributed by atoms with Crippen molar-refractivity contribution in [3.05, 3.63) is 0 Å². The zero-order chi connectivity index (χ0) is 9.14. The van der Waals surface area contributed by atoms with Crippen LogP contribution in [0.1, 0.15) is 20.8 Å². The molecular weight excluding hydrogens is 156 g/mol. The molecule has 4 unspecified atom stereocenters. The highest BCUT2D eigenvalue weighted by molar-refractivity contribution is 4.92. The Morgan fingerprint density at radius 2 is 1.67 bits per heavy atom. The van der Waals surface area contributed by atoms with Gasteiger partial charge in [0.1, 0.15) is 12.2 Å². The minimum Gasteiger partial charge on any atom is -0.388 e. The van der Waals surface area contributed by atoms with Crippen molar-refractivity contribution >= 4 is 0 Å². The van der Waals surface area contributed by atoms with Crippen molar-refractivity contribution in [1.82, 2.24) is 0 Å². The van der Waals surface area contributed by atoms with E-state index < -0.39 is 6.10 Å². The number of hydrogen-bond acceptors (Lipinski definition) is 3. The monoisotopic (exact) mass is 174 g/mol. The molecule has 0 aromatic carbocycles. The molecule has 4 atom stereocenters. The Morgan fingerprint density at radius 3 is 2.25 bits per heavy atom. The molecule has 2 saturated heterocycles. The van der Waals surface area contributed by atoms with Gasteiger partial charge in [-0.3, -0.25) is 0 Å². The molecule has 2 rings (SSSR count). The normalized spacial score (nSPS) is 45.0. The van der Waals surface area contributed by atoms with Crippen LogP contribution < -0.4 is 0 Å². The van der Waals surface area contributed by atoms with E-state index in [1.807, 2.05) is 13.8 Å². The maximum atomic E-state index is 9.27. The molecule has 0 aliphatic carbocycles. The molecule has 0 aromatic rings. The molecule has 2 heterocycles. The summed E-state index contributed by atoms with van der Waals surface area (Å²) in [5.74, 6) is 0.446. The predicted octanol–water partition coefficient (Wildman–Crippen LogP) is 0.807. The lowest BCUT2D eigenvalue weighted by Gasteiger charge is -2.10. The van der Waals surface area contributed by atoms with Gasteiger partial charge in [0.2, 0.25) is 0 Å². The van der Waals surface area contributed by atoms with Crippen molar-refractivity contribution < 1.29 is 14.6 Å². The van der Waals surface area contributed by atoms with Crippen molar-refractivity contribution in [2.75, 3.05) is 13.2 Å². The van der Waals surface area contributed by atoms with Gasteiger partial charge in [0.05, 0.1) is 19.3 Å². The molecule has 1 N–H and O–H groups in total. The van der Waals surface area contributed by atoms with E-state index in [9.17, 15) is 5.11 Å². The van der Waals surface area contributed by atoms with Crippen LogP contribution in [-0.4, -0.2) is 36.6 Å². The van der Waals surface area contributed by atoms with Crippen molar-refractivity contribution in [2.24, 2.45) is 5.92 Å². The summed E-state index contributed by atoms with van der Waals surface area (Å²) in [6.07, 6.45) is -0.292. The van der Waals surface area contributed by atoms with E-state index in [0.29, 0.717) is 12.5 Å². The van der Waals surface area contributed by atoms with Crippen molar-refractivity contribution in [3.63, 3.8) is 0 Å². The Labute approximate surface area is 73.7 Å². The fourth-order valence-corrected chi connectivity index (χ4v) is 1.67. The third-order valence-electron chi connectivity index (χ3n) is 2.27. The summed E-state index contributed by atoms with van der Waals surface area (Å²) in [6.45, 7) is 7.26. The number of aliphatic hydroxyl groups is 1. The SMILES string of the molecule is CC.CC1COC2C(O)COC12. The Bertz CT molecular complexity index is 122. The molecule has 0 spiro atoms. The molecule has 2 fully saturated rings. The fourth-order valence-electron chi connectivity index (χ4n) is 1.67. The Balaban J connectivity index is 0.000000336. The minimum absolute atomic E-state index is 0.0463. The Hall–Kier alpha value is -0.120. The number of ether oxygens (including phenoxy) is 2. The standard InChI is InChI=1S/C7H12O3.C2H6/c1-4-2-9-7-5(8)3-10-6(4)7;1-2/h4-8H,2-3H2,1H3;1-2H3. The van der Waals surface area contributed by atoms with Gasteiger partial charge in [0.25, 0.3) is 0 Å². The molecule has 3 heteroatoms. The van der Waals surface area contributed by atoms with Gasteiger partial charge >= 0.3 is 0 Å². The minimum atomic E-state index is -0.394. The van der Waals surface area contributed by atoms with Crippen LogP contribution >= 0.6 is 0 Å². The molecule has 0 bridgehead atoms. The zero-order valence-electron chi connectivity index (χ0n) is 7.99. The summed E-state index contributed by atoms with van der Waals surface area (Å²) < 4.78 is 10.7.